The number of nitrogens with one attached hydrogen (secondary N) is 1. The molecule has 0 spiro atoms. The summed E-state index contributed by atoms with van der Waals surface area (Å²) in [6.07, 6.45) is 2.20. The number of para-hydroxylation sites is 1. The van der Waals surface area contributed by atoms with Crippen molar-refractivity contribution in [3.63, 3.8) is 0 Å². The van der Waals surface area contributed by atoms with Gasteiger partial charge in [-0.2, -0.15) is 4.98 Å². The van der Waals surface area contributed by atoms with Crippen molar-refractivity contribution in [3.8, 4) is 0 Å². The minimum absolute atomic E-state index is 0.191. The Kier molecular flexibility index (Phi) is 4.41. The maximum Gasteiger partial charge on any atom is 0.227 e. The quantitative estimate of drug-likeness (QED) is 0.927. The molecule has 1 aliphatic rings. The van der Waals surface area contributed by atoms with Gasteiger partial charge in [0.2, 0.25) is 5.95 Å². The van der Waals surface area contributed by atoms with Gasteiger partial charge < -0.3 is 10.2 Å². The Labute approximate surface area is 134 Å². The lowest BCUT2D eigenvalue weighted by atomic mass is 10.00. The summed E-state index contributed by atoms with van der Waals surface area (Å²) in [5.41, 5.74) is 0.566. The van der Waals surface area contributed by atoms with E-state index in [1.165, 1.54) is 18.2 Å². The Hall–Kier alpha value is -2.24. The Morgan fingerprint density at radius 2 is 1.78 bits per heavy atom. The predicted molar refractivity (Wildman–Crippen MR) is 87.0 cm³/mol. The van der Waals surface area contributed by atoms with Gasteiger partial charge >= 0.3 is 0 Å². The van der Waals surface area contributed by atoms with Crippen LogP contribution in [0.3, 0.4) is 0 Å². The number of aryl methyl sites for hydroxylation is 1. The number of piperidine rings is 1. The van der Waals surface area contributed by atoms with E-state index in [9.17, 15) is 8.78 Å². The van der Waals surface area contributed by atoms with Crippen molar-refractivity contribution in [3.05, 3.63) is 41.6 Å². The molecule has 0 atom stereocenters. The summed E-state index contributed by atoms with van der Waals surface area (Å²) in [5, 5.41) is 2.74. The van der Waals surface area contributed by atoms with Crippen LogP contribution in [0.2, 0.25) is 0 Å². The van der Waals surface area contributed by atoms with Crippen LogP contribution >= 0.6 is 0 Å². The molecule has 1 aromatic carbocycles. The zero-order valence-corrected chi connectivity index (χ0v) is 13.3. The van der Waals surface area contributed by atoms with Crippen molar-refractivity contribution in [2.24, 2.45) is 5.92 Å². The zero-order chi connectivity index (χ0) is 16.4. The molecular formula is C17H20F2N4. The lowest BCUT2D eigenvalue weighted by Gasteiger charge is -2.30. The molecule has 2 aromatic rings. The monoisotopic (exact) mass is 318 g/mol. The summed E-state index contributed by atoms with van der Waals surface area (Å²) >= 11 is 0. The van der Waals surface area contributed by atoms with E-state index in [1.807, 2.05) is 6.92 Å². The second kappa shape index (κ2) is 6.48. The van der Waals surface area contributed by atoms with E-state index in [4.69, 9.17) is 0 Å². The van der Waals surface area contributed by atoms with Gasteiger partial charge in [0.15, 0.2) is 0 Å². The highest BCUT2D eigenvalue weighted by atomic mass is 19.1. The summed E-state index contributed by atoms with van der Waals surface area (Å²) in [7, 11) is 0. The van der Waals surface area contributed by atoms with Crippen LogP contribution in [-0.2, 0) is 0 Å². The van der Waals surface area contributed by atoms with Gasteiger partial charge in [-0.3, -0.25) is 0 Å². The number of anilines is 3. The average molecular weight is 318 g/mol. The molecule has 1 aromatic heterocycles. The van der Waals surface area contributed by atoms with E-state index in [-0.39, 0.29) is 5.69 Å². The number of halogens is 2. The Balaban J connectivity index is 1.86. The summed E-state index contributed by atoms with van der Waals surface area (Å²) in [6.45, 7) is 5.89. The van der Waals surface area contributed by atoms with Crippen LogP contribution in [0, 0.1) is 24.5 Å². The van der Waals surface area contributed by atoms with Gasteiger partial charge in [-0.1, -0.05) is 13.0 Å². The molecule has 1 fully saturated rings. The van der Waals surface area contributed by atoms with Gasteiger partial charge in [-0.25, -0.2) is 13.8 Å². The van der Waals surface area contributed by atoms with Gasteiger partial charge in [0, 0.05) is 24.8 Å². The summed E-state index contributed by atoms with van der Waals surface area (Å²) in [4.78, 5) is 11.0. The molecule has 0 unspecified atom stereocenters. The number of hydrogen-bond donors (Lipinski definition) is 1. The molecule has 0 aliphatic carbocycles. The average Bonchev–Trinajstić information content (AvgIpc) is 2.51. The molecule has 6 heteroatoms. The molecule has 0 saturated carbocycles. The third kappa shape index (κ3) is 3.57. The second-order valence-electron chi connectivity index (χ2n) is 6.09. The summed E-state index contributed by atoms with van der Waals surface area (Å²) in [6, 6.07) is 5.45. The molecule has 4 nitrogen and oxygen atoms in total. The Morgan fingerprint density at radius 1 is 1.13 bits per heavy atom. The molecule has 1 saturated heterocycles. The van der Waals surface area contributed by atoms with Crippen molar-refractivity contribution in [2.75, 3.05) is 23.3 Å². The SMILES string of the molecule is Cc1cc(Nc2c(F)cccc2F)nc(N2CCC(C)CC2)n1. The standard InChI is InChI=1S/C17H20F2N4/c1-11-6-8-23(9-7-11)17-20-12(2)10-15(22-17)21-16-13(18)4-3-5-14(16)19/h3-5,10-11H,6-9H2,1-2H3,(H,20,21,22). The van der Waals surface area contributed by atoms with Crippen molar-refractivity contribution in [1.82, 2.24) is 9.97 Å². The number of aromatic nitrogens is 2. The molecule has 3 rings (SSSR count). The van der Waals surface area contributed by atoms with Crippen molar-refractivity contribution in [2.45, 2.75) is 26.7 Å². The molecular weight excluding hydrogens is 298 g/mol. The van der Waals surface area contributed by atoms with Crippen LogP contribution in [0.5, 0.6) is 0 Å². The number of benzene rings is 1. The molecule has 0 radical (unpaired) electrons. The Bertz CT molecular complexity index is 677. The first-order valence-corrected chi connectivity index (χ1v) is 7.84. The molecule has 2 heterocycles. The van der Waals surface area contributed by atoms with Crippen LogP contribution in [0.1, 0.15) is 25.5 Å². The van der Waals surface area contributed by atoms with Crippen molar-refractivity contribution in [1.29, 1.82) is 0 Å². The van der Waals surface area contributed by atoms with Gasteiger partial charge in [0.1, 0.15) is 23.1 Å². The van der Waals surface area contributed by atoms with Crippen molar-refractivity contribution >= 4 is 17.5 Å². The molecule has 122 valence electrons. The van der Waals surface area contributed by atoms with Crippen LogP contribution < -0.4 is 10.2 Å². The predicted octanol–water partition coefficient (Wildman–Crippen LogP) is 4.04. The fraction of sp³-hybridized carbons (Fsp3) is 0.412. The molecule has 1 N–H and O–H groups in total. The normalized spacial score (nSPS) is 15.7. The highest BCUT2D eigenvalue weighted by molar-refractivity contribution is 5.59. The maximum absolute atomic E-state index is 13.8. The fourth-order valence-corrected chi connectivity index (χ4v) is 2.71. The third-order valence-corrected chi connectivity index (χ3v) is 4.12. The Morgan fingerprint density at radius 3 is 2.43 bits per heavy atom. The zero-order valence-electron chi connectivity index (χ0n) is 13.3. The maximum atomic E-state index is 13.8. The van der Waals surface area contributed by atoms with Gasteiger partial charge in [-0.15, -0.1) is 0 Å². The largest absolute Gasteiger partial charge is 0.341 e. The highest BCUT2D eigenvalue weighted by Crippen LogP contribution is 2.25. The van der Waals surface area contributed by atoms with E-state index >= 15 is 0 Å². The lowest BCUT2D eigenvalue weighted by Crippen LogP contribution is -2.34. The second-order valence-corrected chi connectivity index (χ2v) is 6.09. The summed E-state index contributed by atoms with van der Waals surface area (Å²) < 4.78 is 27.6. The summed E-state index contributed by atoms with van der Waals surface area (Å²) in [5.74, 6) is 0.427. The molecule has 23 heavy (non-hydrogen) atoms. The molecule has 0 amide bonds. The highest BCUT2D eigenvalue weighted by Gasteiger charge is 2.19. The number of nitrogens with zero attached hydrogens (tertiary/aromatic N) is 3. The number of hydrogen-bond acceptors (Lipinski definition) is 4. The van der Waals surface area contributed by atoms with Gasteiger partial charge in [0.05, 0.1) is 0 Å². The van der Waals surface area contributed by atoms with Gasteiger partial charge in [0.25, 0.3) is 0 Å². The minimum atomic E-state index is -0.644. The minimum Gasteiger partial charge on any atom is -0.341 e. The topological polar surface area (TPSA) is 41.1 Å². The van der Waals surface area contributed by atoms with E-state index in [0.29, 0.717) is 17.7 Å². The molecule has 0 bridgehead atoms. The van der Waals surface area contributed by atoms with E-state index in [2.05, 4.69) is 27.1 Å². The van der Waals surface area contributed by atoms with Crippen LogP contribution in [0.15, 0.2) is 24.3 Å². The van der Waals surface area contributed by atoms with Crippen LogP contribution in [-0.4, -0.2) is 23.1 Å². The fourth-order valence-electron chi connectivity index (χ4n) is 2.71. The number of rotatable bonds is 3. The van der Waals surface area contributed by atoms with Gasteiger partial charge in [-0.05, 0) is 37.8 Å². The first-order valence-electron chi connectivity index (χ1n) is 7.84. The molecule has 1 aliphatic heterocycles. The third-order valence-electron chi connectivity index (χ3n) is 4.12. The van der Waals surface area contributed by atoms with Crippen molar-refractivity contribution < 1.29 is 8.78 Å². The van der Waals surface area contributed by atoms with Crippen LogP contribution in [0.25, 0.3) is 0 Å². The first-order chi connectivity index (χ1) is 11.0. The first kappa shape index (κ1) is 15.6. The lowest BCUT2D eigenvalue weighted by molar-refractivity contribution is 0.434. The van der Waals surface area contributed by atoms with E-state index < -0.39 is 11.6 Å². The van der Waals surface area contributed by atoms with Crippen LogP contribution in [0.4, 0.5) is 26.2 Å². The van der Waals surface area contributed by atoms with E-state index in [1.54, 1.807) is 6.07 Å². The smallest absolute Gasteiger partial charge is 0.227 e. The van der Waals surface area contributed by atoms with E-state index in [0.717, 1.165) is 31.6 Å².